The molecule has 0 saturated carbocycles. The van der Waals surface area contributed by atoms with E-state index in [-0.39, 0.29) is 30.6 Å². The molecule has 1 heterocycles. The molecular formula is C38H40F3N3O5S. The molecule has 1 aromatic heterocycles. The highest BCUT2D eigenvalue weighted by molar-refractivity contribution is 7.98. The number of esters is 1. The van der Waals surface area contributed by atoms with E-state index in [0.717, 1.165) is 17.7 Å². The van der Waals surface area contributed by atoms with Gasteiger partial charge in [-0.1, -0.05) is 24.3 Å². The molecule has 0 saturated heterocycles. The molecule has 0 spiro atoms. The van der Waals surface area contributed by atoms with Crippen LogP contribution in [-0.4, -0.2) is 45.9 Å². The van der Waals surface area contributed by atoms with Crippen molar-refractivity contribution >= 4 is 35.3 Å². The minimum atomic E-state index is -4.49. The smallest absolute Gasteiger partial charge is 0.416 e. The summed E-state index contributed by atoms with van der Waals surface area (Å²) in [6.07, 6.45) is 2.28. The van der Waals surface area contributed by atoms with Gasteiger partial charge in [0.15, 0.2) is 0 Å². The zero-order chi connectivity index (χ0) is 36.5. The van der Waals surface area contributed by atoms with Crippen molar-refractivity contribution in [2.75, 3.05) is 5.75 Å². The zero-order valence-electron chi connectivity index (χ0n) is 28.5. The number of aromatic nitrogens is 1. The van der Waals surface area contributed by atoms with Crippen LogP contribution in [0.2, 0.25) is 0 Å². The first-order valence-corrected chi connectivity index (χ1v) is 17.2. The molecule has 12 heteroatoms. The Morgan fingerprint density at radius 2 is 1.70 bits per heavy atom. The number of halogens is 3. The second kappa shape index (κ2) is 16.8. The maximum atomic E-state index is 13.4. The van der Waals surface area contributed by atoms with Gasteiger partial charge in [0.1, 0.15) is 11.4 Å². The monoisotopic (exact) mass is 707 g/mol. The quantitative estimate of drug-likeness (QED) is 0.149. The van der Waals surface area contributed by atoms with Crippen molar-refractivity contribution < 1.29 is 37.0 Å². The lowest BCUT2D eigenvalue weighted by atomic mass is 9.92. The van der Waals surface area contributed by atoms with Gasteiger partial charge in [0.2, 0.25) is 0 Å². The van der Waals surface area contributed by atoms with Crippen molar-refractivity contribution in [2.45, 2.75) is 77.1 Å². The van der Waals surface area contributed by atoms with E-state index in [0.29, 0.717) is 39.8 Å². The van der Waals surface area contributed by atoms with Crippen molar-refractivity contribution in [3.63, 3.8) is 0 Å². The Labute approximate surface area is 294 Å². The maximum Gasteiger partial charge on any atom is 0.416 e. The number of rotatable bonds is 12. The summed E-state index contributed by atoms with van der Waals surface area (Å²) in [4.78, 5) is 47.4. The number of pyridine rings is 1. The van der Waals surface area contributed by atoms with Crippen molar-refractivity contribution in [2.24, 2.45) is 4.99 Å². The highest BCUT2D eigenvalue weighted by Gasteiger charge is 2.30. The number of hydrogen-bond acceptors (Lipinski definition) is 7. The van der Waals surface area contributed by atoms with Gasteiger partial charge >= 0.3 is 12.1 Å². The van der Waals surface area contributed by atoms with Crippen LogP contribution in [0.15, 0.2) is 95.8 Å². The summed E-state index contributed by atoms with van der Waals surface area (Å²) in [6.45, 7) is 9.13. The van der Waals surface area contributed by atoms with Crippen LogP contribution < -0.4 is 5.32 Å². The van der Waals surface area contributed by atoms with Crippen LogP contribution in [0.25, 0.3) is 0 Å². The minimum absolute atomic E-state index is 0.110. The van der Waals surface area contributed by atoms with Crippen molar-refractivity contribution in [1.82, 2.24) is 10.3 Å². The standard InChI is InChI=1S/C38H40F3N3O5S/c1-24(2)48-30-12-13-32(44-36(47)27-10-6-9-26(18-27)23-50-17-15-34(45)49-37(3,4)5)31(21-30)33-20-28(14-16-42-33)35(46)43-22-25-8-7-11-29(19-25)38(39,40)41/h6-14,16,18-21,24,31H,15,17,22-23H2,1-5H3,(H,43,46). The number of aliphatic imine (C=N–C) groups is 1. The second-order valence-corrected chi connectivity index (χ2v) is 13.9. The number of alkyl halides is 3. The first kappa shape index (κ1) is 38.1. The molecule has 0 aliphatic heterocycles. The van der Waals surface area contributed by atoms with Gasteiger partial charge in [0.25, 0.3) is 11.8 Å². The van der Waals surface area contributed by atoms with Crippen molar-refractivity contribution in [1.29, 1.82) is 0 Å². The third-order valence-electron chi connectivity index (χ3n) is 7.05. The molecule has 1 aliphatic carbocycles. The number of carbonyl (C=O) groups is 3. The van der Waals surface area contributed by atoms with E-state index >= 15 is 0 Å². The second-order valence-electron chi connectivity index (χ2n) is 12.8. The molecule has 1 atom stereocenters. The Kier molecular flexibility index (Phi) is 12.8. The van der Waals surface area contributed by atoms with Crippen LogP contribution in [0.3, 0.4) is 0 Å². The topological polar surface area (TPSA) is 107 Å². The van der Waals surface area contributed by atoms with Gasteiger partial charge in [-0.15, -0.1) is 0 Å². The molecule has 50 heavy (non-hydrogen) atoms. The number of nitrogens with zero attached hydrogens (tertiary/aromatic N) is 2. The lowest BCUT2D eigenvalue weighted by molar-refractivity contribution is -0.154. The normalized spacial score (nSPS) is 15.5. The van der Waals surface area contributed by atoms with Crippen LogP contribution >= 0.6 is 11.8 Å². The fraction of sp³-hybridized carbons (Fsp3) is 0.342. The van der Waals surface area contributed by atoms with Gasteiger partial charge < -0.3 is 14.8 Å². The Hall–Kier alpha value is -4.71. The van der Waals surface area contributed by atoms with E-state index < -0.39 is 35.1 Å². The van der Waals surface area contributed by atoms with Gasteiger partial charge in [-0.25, -0.2) is 4.99 Å². The number of ether oxygens (including phenoxy) is 2. The fourth-order valence-electron chi connectivity index (χ4n) is 4.89. The summed E-state index contributed by atoms with van der Waals surface area (Å²) in [5.74, 6) is -0.157. The summed E-state index contributed by atoms with van der Waals surface area (Å²) in [7, 11) is 0. The molecule has 1 unspecified atom stereocenters. The molecule has 264 valence electrons. The van der Waals surface area contributed by atoms with Crippen molar-refractivity contribution in [3.05, 3.63) is 124 Å². The Morgan fingerprint density at radius 3 is 2.42 bits per heavy atom. The van der Waals surface area contributed by atoms with E-state index in [9.17, 15) is 27.6 Å². The minimum Gasteiger partial charge on any atom is -0.491 e. The molecule has 0 bridgehead atoms. The third-order valence-corrected chi connectivity index (χ3v) is 8.08. The lowest BCUT2D eigenvalue weighted by Crippen LogP contribution is -2.24. The fourth-order valence-corrected chi connectivity index (χ4v) is 5.76. The van der Waals surface area contributed by atoms with Crippen molar-refractivity contribution in [3.8, 4) is 0 Å². The Balaban J connectivity index is 1.49. The van der Waals surface area contributed by atoms with E-state index in [1.54, 1.807) is 54.3 Å². The van der Waals surface area contributed by atoms with E-state index in [1.807, 2.05) is 40.7 Å². The number of benzene rings is 2. The van der Waals surface area contributed by atoms with Gasteiger partial charge in [-0.05, 0) is 100 Å². The predicted molar refractivity (Wildman–Crippen MR) is 188 cm³/mol. The summed E-state index contributed by atoms with van der Waals surface area (Å²) >= 11 is 1.56. The summed E-state index contributed by atoms with van der Waals surface area (Å²) in [5.41, 5.74) is 1.31. The third kappa shape index (κ3) is 11.7. The molecule has 1 aliphatic rings. The van der Waals surface area contributed by atoms with Crippen LogP contribution in [0.5, 0.6) is 0 Å². The number of hydrogen-bond donors (Lipinski definition) is 1. The maximum absolute atomic E-state index is 13.4. The number of carbonyl (C=O) groups excluding carboxylic acids is 3. The largest absolute Gasteiger partial charge is 0.491 e. The van der Waals surface area contributed by atoms with Gasteiger partial charge in [0.05, 0.1) is 35.4 Å². The average Bonchev–Trinajstić information content (AvgIpc) is 3.05. The van der Waals surface area contributed by atoms with Gasteiger partial charge in [-0.2, -0.15) is 24.9 Å². The van der Waals surface area contributed by atoms with Crippen LogP contribution in [-0.2, 0) is 32.7 Å². The molecule has 2 amide bonds. The lowest BCUT2D eigenvalue weighted by Gasteiger charge is -2.21. The molecule has 2 aromatic carbocycles. The first-order chi connectivity index (χ1) is 23.6. The first-order valence-electron chi connectivity index (χ1n) is 16.1. The molecule has 4 rings (SSSR count). The Bertz CT molecular complexity index is 1790. The van der Waals surface area contributed by atoms with Crippen LogP contribution in [0.1, 0.15) is 90.1 Å². The predicted octanol–water partition coefficient (Wildman–Crippen LogP) is 8.24. The molecule has 0 fully saturated rings. The summed E-state index contributed by atoms with van der Waals surface area (Å²) < 4.78 is 50.7. The Morgan fingerprint density at radius 1 is 0.960 bits per heavy atom. The van der Waals surface area contributed by atoms with E-state index in [4.69, 9.17) is 9.47 Å². The number of amides is 2. The number of allylic oxidation sites excluding steroid dienone is 3. The van der Waals surface area contributed by atoms with Crippen LogP contribution in [0, 0.1) is 0 Å². The molecule has 3 aromatic rings. The molecular weight excluding hydrogens is 667 g/mol. The van der Waals surface area contributed by atoms with Gasteiger partial charge in [-0.3, -0.25) is 19.4 Å². The van der Waals surface area contributed by atoms with E-state index in [2.05, 4.69) is 15.3 Å². The molecule has 1 N–H and O–H groups in total. The van der Waals surface area contributed by atoms with E-state index in [1.165, 1.54) is 24.4 Å². The average molecular weight is 708 g/mol. The summed E-state index contributed by atoms with van der Waals surface area (Å²) in [5, 5.41) is 2.66. The SMILES string of the molecule is CC(C)OC1=CC(c2cc(C(=O)NCc3cccc(C(F)(F)F)c3)ccn2)C(=NC(=O)c2cccc(CSCCC(=O)OC(C)(C)C)c2)C=C1. The van der Waals surface area contributed by atoms with Crippen LogP contribution in [0.4, 0.5) is 13.2 Å². The number of thioether (sulfide) groups is 1. The zero-order valence-corrected chi connectivity index (χ0v) is 29.4. The summed E-state index contributed by atoms with van der Waals surface area (Å²) in [6, 6.07) is 15.0. The van der Waals surface area contributed by atoms with Gasteiger partial charge in [0, 0.05) is 35.4 Å². The number of nitrogens with one attached hydrogen (secondary N) is 1. The molecule has 0 radical (unpaired) electrons. The highest BCUT2D eigenvalue weighted by atomic mass is 32.2. The molecule has 8 nitrogen and oxygen atoms in total. The highest BCUT2D eigenvalue weighted by Crippen LogP contribution is 2.30.